The van der Waals surface area contributed by atoms with Crippen molar-refractivity contribution in [1.29, 1.82) is 0 Å². The molecule has 0 N–H and O–H groups in total. The van der Waals surface area contributed by atoms with Crippen LogP contribution in [0.3, 0.4) is 0 Å². The van der Waals surface area contributed by atoms with Crippen LogP contribution >= 0.6 is 0 Å². The summed E-state index contributed by atoms with van der Waals surface area (Å²) in [6.07, 6.45) is -0.542. The Kier molecular flexibility index (Phi) is 3.92. The van der Waals surface area contributed by atoms with Crippen molar-refractivity contribution in [3.05, 3.63) is 65.2 Å². The van der Waals surface area contributed by atoms with E-state index in [-0.39, 0.29) is 0 Å². The van der Waals surface area contributed by atoms with Crippen LogP contribution in [0, 0.1) is 0 Å². The zero-order valence-electron chi connectivity index (χ0n) is 14.7. The summed E-state index contributed by atoms with van der Waals surface area (Å²) in [7, 11) is 4.74. The maximum absolute atomic E-state index is 12.6. The highest BCUT2D eigenvalue weighted by molar-refractivity contribution is 6.05. The van der Waals surface area contributed by atoms with Gasteiger partial charge in [0.2, 0.25) is 0 Å². The summed E-state index contributed by atoms with van der Waals surface area (Å²) in [6, 6.07) is 15.2. The summed E-state index contributed by atoms with van der Waals surface area (Å²) in [5, 5.41) is 1.87. The fourth-order valence-electron chi connectivity index (χ4n) is 3.42. The Hall–Kier alpha value is -3.21. The maximum Gasteiger partial charge on any atom is 0.343 e. The van der Waals surface area contributed by atoms with Gasteiger partial charge >= 0.3 is 5.97 Å². The minimum Gasteiger partial charge on any atom is -0.497 e. The summed E-state index contributed by atoms with van der Waals surface area (Å²) in [6.45, 7) is 0. The van der Waals surface area contributed by atoms with Gasteiger partial charge in [-0.1, -0.05) is 24.3 Å². The number of ether oxygens (including phenoxy) is 4. The predicted octanol–water partition coefficient (Wildman–Crippen LogP) is 4.13. The number of cyclic esters (lactones) is 1. The summed E-state index contributed by atoms with van der Waals surface area (Å²) < 4.78 is 21.9. The minimum atomic E-state index is -0.542. The van der Waals surface area contributed by atoms with E-state index in [0.717, 1.165) is 21.9 Å². The van der Waals surface area contributed by atoms with E-state index in [1.165, 1.54) is 0 Å². The van der Waals surface area contributed by atoms with Crippen molar-refractivity contribution in [1.82, 2.24) is 0 Å². The lowest BCUT2D eigenvalue weighted by atomic mass is 9.94. The number of hydrogen-bond donors (Lipinski definition) is 0. The van der Waals surface area contributed by atoms with Gasteiger partial charge in [-0.3, -0.25) is 0 Å². The first kappa shape index (κ1) is 16.3. The van der Waals surface area contributed by atoms with Crippen LogP contribution in [-0.4, -0.2) is 27.3 Å². The molecule has 0 bridgehead atoms. The molecule has 0 saturated carbocycles. The molecule has 0 fully saturated rings. The van der Waals surface area contributed by atoms with Crippen LogP contribution in [-0.2, 0) is 4.74 Å². The van der Waals surface area contributed by atoms with Crippen molar-refractivity contribution in [2.45, 2.75) is 6.10 Å². The molecule has 5 heteroatoms. The molecule has 26 heavy (non-hydrogen) atoms. The molecule has 1 aliphatic rings. The van der Waals surface area contributed by atoms with Crippen molar-refractivity contribution < 1.29 is 23.7 Å². The third-order valence-electron chi connectivity index (χ3n) is 4.62. The van der Waals surface area contributed by atoms with E-state index in [1.54, 1.807) is 27.4 Å². The average Bonchev–Trinajstić information content (AvgIpc) is 3.02. The molecule has 0 aliphatic carbocycles. The molecule has 1 aliphatic heterocycles. The van der Waals surface area contributed by atoms with E-state index in [9.17, 15) is 4.79 Å². The number of carbonyl (C=O) groups is 1. The normalized spacial score (nSPS) is 15.5. The second-order valence-corrected chi connectivity index (χ2v) is 6.03. The van der Waals surface area contributed by atoms with Gasteiger partial charge in [0.1, 0.15) is 22.8 Å². The highest BCUT2D eigenvalue weighted by atomic mass is 16.6. The molecule has 1 atom stereocenters. The standard InChI is InChI=1S/C21H18O5/c1-23-14-8-13(9-15(11-14)24-2)19-17-10-12-6-4-5-7-16(12)20(25-3)18(17)21(22)26-19/h4-11,19H,1-3H3. The van der Waals surface area contributed by atoms with Gasteiger partial charge in [-0.15, -0.1) is 0 Å². The van der Waals surface area contributed by atoms with E-state index in [0.29, 0.717) is 22.8 Å². The van der Waals surface area contributed by atoms with E-state index < -0.39 is 12.1 Å². The van der Waals surface area contributed by atoms with Gasteiger partial charge in [0.15, 0.2) is 6.10 Å². The number of carbonyl (C=O) groups excluding carboxylic acids is 1. The first-order chi connectivity index (χ1) is 12.7. The molecular formula is C21H18O5. The number of benzene rings is 3. The van der Waals surface area contributed by atoms with E-state index in [1.807, 2.05) is 42.5 Å². The van der Waals surface area contributed by atoms with Gasteiger partial charge in [0.25, 0.3) is 0 Å². The smallest absolute Gasteiger partial charge is 0.343 e. The second kappa shape index (κ2) is 6.26. The van der Waals surface area contributed by atoms with Crippen molar-refractivity contribution in [2.24, 2.45) is 0 Å². The Morgan fingerprint density at radius 1 is 0.885 bits per heavy atom. The SMILES string of the molecule is COc1cc(OC)cc(C2OC(=O)c3c2cc2ccccc2c3OC)c1. The molecule has 5 nitrogen and oxygen atoms in total. The van der Waals surface area contributed by atoms with Gasteiger partial charge in [-0.25, -0.2) is 4.79 Å². The summed E-state index contributed by atoms with van der Waals surface area (Å²) >= 11 is 0. The third-order valence-corrected chi connectivity index (χ3v) is 4.62. The molecule has 0 saturated heterocycles. The molecule has 132 valence electrons. The van der Waals surface area contributed by atoms with Crippen molar-refractivity contribution in [3.63, 3.8) is 0 Å². The van der Waals surface area contributed by atoms with E-state index in [2.05, 4.69) is 0 Å². The number of esters is 1. The molecule has 1 heterocycles. The van der Waals surface area contributed by atoms with Crippen LogP contribution in [0.25, 0.3) is 10.8 Å². The summed E-state index contributed by atoms with van der Waals surface area (Å²) in [5.74, 6) is 1.42. The topological polar surface area (TPSA) is 54.0 Å². The van der Waals surface area contributed by atoms with Gasteiger partial charge in [-0.2, -0.15) is 0 Å². The fraction of sp³-hybridized carbons (Fsp3) is 0.190. The summed E-state index contributed by atoms with van der Waals surface area (Å²) in [4.78, 5) is 12.6. The number of fused-ring (bicyclic) bond motifs is 2. The highest BCUT2D eigenvalue weighted by Crippen LogP contribution is 2.45. The van der Waals surface area contributed by atoms with Gasteiger partial charge < -0.3 is 18.9 Å². The number of methoxy groups -OCH3 is 3. The molecule has 3 aromatic rings. The lowest BCUT2D eigenvalue weighted by Gasteiger charge is -2.15. The first-order valence-electron chi connectivity index (χ1n) is 8.20. The number of hydrogen-bond acceptors (Lipinski definition) is 5. The quantitative estimate of drug-likeness (QED) is 0.663. The third kappa shape index (κ3) is 2.44. The maximum atomic E-state index is 12.6. The Labute approximate surface area is 151 Å². The van der Waals surface area contributed by atoms with Crippen molar-refractivity contribution in [3.8, 4) is 17.2 Å². The summed E-state index contributed by atoms with van der Waals surface area (Å²) in [5.41, 5.74) is 2.03. The van der Waals surface area contributed by atoms with Gasteiger partial charge in [-0.05, 0) is 23.6 Å². The Morgan fingerprint density at radius 3 is 2.23 bits per heavy atom. The van der Waals surface area contributed by atoms with Gasteiger partial charge in [0, 0.05) is 22.6 Å². The van der Waals surface area contributed by atoms with Crippen LogP contribution in [0.4, 0.5) is 0 Å². The highest BCUT2D eigenvalue weighted by Gasteiger charge is 2.36. The molecule has 1 unspecified atom stereocenters. The minimum absolute atomic E-state index is 0.394. The lowest BCUT2D eigenvalue weighted by Crippen LogP contribution is -2.02. The Balaban J connectivity index is 1.94. The van der Waals surface area contributed by atoms with Gasteiger partial charge in [0.05, 0.1) is 21.3 Å². The molecule has 0 spiro atoms. The van der Waals surface area contributed by atoms with Crippen LogP contribution < -0.4 is 14.2 Å². The number of rotatable bonds is 4. The Morgan fingerprint density at radius 2 is 1.58 bits per heavy atom. The first-order valence-corrected chi connectivity index (χ1v) is 8.20. The lowest BCUT2D eigenvalue weighted by molar-refractivity contribution is 0.0453. The fourth-order valence-corrected chi connectivity index (χ4v) is 3.42. The molecule has 0 amide bonds. The zero-order chi connectivity index (χ0) is 18.3. The molecular weight excluding hydrogens is 332 g/mol. The zero-order valence-corrected chi connectivity index (χ0v) is 14.7. The van der Waals surface area contributed by atoms with Crippen LogP contribution in [0.2, 0.25) is 0 Å². The van der Waals surface area contributed by atoms with Crippen LogP contribution in [0.15, 0.2) is 48.5 Å². The molecule has 0 radical (unpaired) electrons. The van der Waals surface area contributed by atoms with Crippen molar-refractivity contribution >= 4 is 16.7 Å². The second-order valence-electron chi connectivity index (χ2n) is 6.03. The van der Waals surface area contributed by atoms with Crippen molar-refractivity contribution in [2.75, 3.05) is 21.3 Å². The monoisotopic (exact) mass is 350 g/mol. The van der Waals surface area contributed by atoms with E-state index >= 15 is 0 Å². The Bertz CT molecular complexity index is 986. The molecule has 0 aromatic heterocycles. The van der Waals surface area contributed by atoms with Crippen LogP contribution in [0.5, 0.6) is 17.2 Å². The largest absolute Gasteiger partial charge is 0.497 e. The predicted molar refractivity (Wildman–Crippen MR) is 97.3 cm³/mol. The molecule has 3 aromatic carbocycles. The van der Waals surface area contributed by atoms with E-state index in [4.69, 9.17) is 18.9 Å². The van der Waals surface area contributed by atoms with Crippen LogP contribution in [0.1, 0.15) is 27.6 Å². The molecule has 4 rings (SSSR count). The average molecular weight is 350 g/mol.